The molecule has 1 N–H and O–H groups in total. The average Bonchev–Trinajstić information content (AvgIpc) is 2.32. The monoisotopic (exact) mass is 224 g/mol. The number of carbonyl (C=O) groups excluding carboxylic acids is 2. The van der Waals surface area contributed by atoms with Gasteiger partial charge in [-0.3, -0.25) is 9.59 Å². The van der Waals surface area contributed by atoms with Crippen LogP contribution in [0.4, 0.5) is 0 Å². The Bertz CT molecular complexity index is 358. The molecule has 4 nitrogen and oxygen atoms in total. The van der Waals surface area contributed by atoms with Crippen LogP contribution in [-0.4, -0.2) is 24.5 Å². The van der Waals surface area contributed by atoms with Gasteiger partial charge in [-0.05, 0) is 17.7 Å². The van der Waals surface area contributed by atoms with Crippen molar-refractivity contribution in [1.82, 2.24) is 0 Å². The number of hydrogen-bond acceptors (Lipinski definition) is 4. The molecule has 0 spiro atoms. The van der Waals surface area contributed by atoms with E-state index >= 15 is 0 Å². The molecule has 0 fully saturated rings. The number of aromatic hydroxyl groups is 1. The summed E-state index contributed by atoms with van der Waals surface area (Å²) in [4.78, 5) is 21.2. The van der Waals surface area contributed by atoms with Gasteiger partial charge in [0, 0.05) is 0 Å². The Balaban J connectivity index is 0.00000106. The van der Waals surface area contributed by atoms with Gasteiger partial charge in [-0.15, -0.1) is 0 Å². The lowest BCUT2D eigenvalue weighted by Crippen LogP contribution is -2.04. The van der Waals surface area contributed by atoms with Gasteiger partial charge in [-0.25, -0.2) is 0 Å². The third kappa shape index (κ3) is 4.13. The normalized spacial score (nSPS) is 8.69. The maximum absolute atomic E-state index is 10.9. The highest BCUT2D eigenvalue weighted by molar-refractivity contribution is 5.80. The molecule has 0 aliphatic carbocycles. The van der Waals surface area contributed by atoms with Gasteiger partial charge in [0.1, 0.15) is 5.75 Å². The molecule has 0 aromatic heterocycles. The standard InChI is InChI=1S/C10H10O4.C2H6/c1-14-10(13)5-7-2-3-8(6-11)9(12)4-7;1-2/h2-4,6,12H,5H2,1H3;1-2H3. The largest absolute Gasteiger partial charge is 0.507 e. The number of carbonyl (C=O) groups is 2. The van der Waals surface area contributed by atoms with Crippen LogP contribution < -0.4 is 0 Å². The van der Waals surface area contributed by atoms with Gasteiger partial charge >= 0.3 is 5.97 Å². The first-order chi connectivity index (χ1) is 7.67. The topological polar surface area (TPSA) is 63.6 Å². The average molecular weight is 224 g/mol. The molecule has 88 valence electrons. The predicted octanol–water partition coefficient (Wildman–Crippen LogP) is 1.95. The lowest BCUT2D eigenvalue weighted by Gasteiger charge is -2.02. The molecule has 0 unspecified atom stereocenters. The Morgan fingerprint density at radius 1 is 1.44 bits per heavy atom. The van der Waals surface area contributed by atoms with E-state index in [1.807, 2.05) is 13.8 Å². The summed E-state index contributed by atoms with van der Waals surface area (Å²) in [5, 5.41) is 9.29. The van der Waals surface area contributed by atoms with Crippen LogP contribution in [0.2, 0.25) is 0 Å². The summed E-state index contributed by atoms with van der Waals surface area (Å²) in [7, 11) is 1.29. The molecule has 1 aromatic carbocycles. The van der Waals surface area contributed by atoms with Gasteiger partial charge in [-0.2, -0.15) is 0 Å². The first-order valence-electron chi connectivity index (χ1n) is 5.01. The first-order valence-corrected chi connectivity index (χ1v) is 5.01. The van der Waals surface area contributed by atoms with Crippen molar-refractivity contribution in [2.45, 2.75) is 20.3 Å². The van der Waals surface area contributed by atoms with Crippen LogP contribution in [0, 0.1) is 0 Å². The molecule has 0 heterocycles. The summed E-state index contributed by atoms with van der Waals surface area (Å²) < 4.78 is 4.46. The van der Waals surface area contributed by atoms with Crippen molar-refractivity contribution in [2.24, 2.45) is 0 Å². The molecule has 0 bridgehead atoms. The molecule has 0 aliphatic heterocycles. The lowest BCUT2D eigenvalue weighted by atomic mass is 10.1. The van der Waals surface area contributed by atoms with Gasteiger partial charge < -0.3 is 9.84 Å². The molecule has 0 amide bonds. The Morgan fingerprint density at radius 3 is 2.50 bits per heavy atom. The van der Waals surface area contributed by atoms with Crippen molar-refractivity contribution in [3.63, 3.8) is 0 Å². The van der Waals surface area contributed by atoms with Crippen molar-refractivity contribution in [3.05, 3.63) is 29.3 Å². The smallest absolute Gasteiger partial charge is 0.309 e. The minimum absolute atomic E-state index is 0.0865. The predicted molar refractivity (Wildman–Crippen MR) is 60.6 cm³/mol. The van der Waals surface area contributed by atoms with Crippen molar-refractivity contribution in [2.75, 3.05) is 7.11 Å². The van der Waals surface area contributed by atoms with Crippen molar-refractivity contribution < 1.29 is 19.4 Å². The molecule has 0 aliphatic rings. The van der Waals surface area contributed by atoms with Crippen LogP contribution in [0.25, 0.3) is 0 Å². The molecule has 16 heavy (non-hydrogen) atoms. The Labute approximate surface area is 94.9 Å². The summed E-state index contributed by atoms with van der Waals surface area (Å²) in [5.41, 5.74) is 0.818. The van der Waals surface area contributed by atoms with E-state index in [9.17, 15) is 14.7 Å². The van der Waals surface area contributed by atoms with Crippen molar-refractivity contribution >= 4 is 12.3 Å². The molecule has 0 atom stereocenters. The van der Waals surface area contributed by atoms with E-state index in [-0.39, 0.29) is 23.7 Å². The highest BCUT2D eigenvalue weighted by Gasteiger charge is 2.05. The summed E-state index contributed by atoms with van der Waals surface area (Å²) in [6, 6.07) is 4.43. The number of benzene rings is 1. The number of aldehydes is 1. The summed E-state index contributed by atoms with van der Waals surface area (Å²) in [6.07, 6.45) is 0.639. The third-order valence-corrected chi connectivity index (χ3v) is 1.80. The van der Waals surface area contributed by atoms with E-state index in [2.05, 4.69) is 4.74 Å². The van der Waals surface area contributed by atoms with Crippen LogP contribution in [0.3, 0.4) is 0 Å². The molecule has 0 saturated carbocycles. The Hall–Kier alpha value is -1.84. The van der Waals surface area contributed by atoms with E-state index in [1.165, 1.54) is 19.2 Å². The van der Waals surface area contributed by atoms with E-state index in [0.717, 1.165) is 0 Å². The van der Waals surface area contributed by atoms with E-state index in [4.69, 9.17) is 0 Å². The Morgan fingerprint density at radius 2 is 2.06 bits per heavy atom. The fourth-order valence-electron chi connectivity index (χ4n) is 1.04. The van der Waals surface area contributed by atoms with Gasteiger partial charge in [0.2, 0.25) is 0 Å². The maximum atomic E-state index is 10.9. The van der Waals surface area contributed by atoms with Crippen molar-refractivity contribution in [3.8, 4) is 5.75 Å². The lowest BCUT2D eigenvalue weighted by molar-refractivity contribution is -0.139. The Kier molecular flexibility index (Phi) is 6.59. The zero-order valence-electron chi connectivity index (χ0n) is 9.69. The van der Waals surface area contributed by atoms with Crippen LogP contribution in [-0.2, 0) is 16.0 Å². The summed E-state index contributed by atoms with van der Waals surface area (Å²) in [5.74, 6) is -0.510. The number of rotatable bonds is 3. The van der Waals surface area contributed by atoms with Crippen molar-refractivity contribution in [1.29, 1.82) is 0 Å². The van der Waals surface area contributed by atoms with Gasteiger partial charge in [0.05, 0.1) is 19.1 Å². The highest BCUT2D eigenvalue weighted by Crippen LogP contribution is 2.17. The van der Waals surface area contributed by atoms with Crippen LogP contribution in [0.15, 0.2) is 18.2 Å². The molecular formula is C12H16O4. The maximum Gasteiger partial charge on any atom is 0.309 e. The number of esters is 1. The van der Waals surface area contributed by atoms with E-state index in [1.54, 1.807) is 6.07 Å². The van der Waals surface area contributed by atoms with E-state index in [0.29, 0.717) is 11.8 Å². The second kappa shape index (κ2) is 7.45. The number of methoxy groups -OCH3 is 1. The SMILES string of the molecule is CC.COC(=O)Cc1ccc(C=O)c(O)c1. The molecule has 1 rings (SSSR count). The molecule has 1 aromatic rings. The molecule has 4 heteroatoms. The van der Waals surface area contributed by atoms with Gasteiger partial charge in [-0.1, -0.05) is 19.9 Å². The summed E-state index contributed by atoms with van der Waals surface area (Å²) in [6.45, 7) is 4.00. The minimum Gasteiger partial charge on any atom is -0.507 e. The number of ether oxygens (including phenoxy) is 1. The van der Waals surface area contributed by atoms with Crippen LogP contribution in [0.1, 0.15) is 29.8 Å². The second-order valence-corrected chi connectivity index (χ2v) is 2.76. The first kappa shape index (κ1) is 14.2. The minimum atomic E-state index is -0.386. The second-order valence-electron chi connectivity index (χ2n) is 2.76. The fraction of sp³-hybridized carbons (Fsp3) is 0.333. The van der Waals surface area contributed by atoms with E-state index < -0.39 is 0 Å². The zero-order chi connectivity index (χ0) is 12.6. The van der Waals surface area contributed by atoms with Crippen LogP contribution >= 0.6 is 0 Å². The highest BCUT2D eigenvalue weighted by atomic mass is 16.5. The molecule has 0 saturated heterocycles. The quantitative estimate of drug-likeness (QED) is 0.629. The molecule has 0 radical (unpaired) electrons. The zero-order valence-corrected chi connectivity index (χ0v) is 9.69. The number of hydrogen-bond donors (Lipinski definition) is 1. The third-order valence-electron chi connectivity index (χ3n) is 1.80. The molecular weight excluding hydrogens is 208 g/mol. The van der Waals surface area contributed by atoms with Gasteiger partial charge in [0.25, 0.3) is 0 Å². The number of phenolic OH excluding ortho intramolecular Hbond substituents is 1. The fourth-order valence-corrected chi connectivity index (χ4v) is 1.04. The summed E-state index contributed by atoms with van der Waals surface area (Å²) >= 11 is 0. The number of phenols is 1. The van der Waals surface area contributed by atoms with Gasteiger partial charge in [0.15, 0.2) is 6.29 Å². The van der Waals surface area contributed by atoms with Crippen LogP contribution in [0.5, 0.6) is 5.75 Å².